The molecule has 0 aliphatic rings. The lowest BCUT2D eigenvalue weighted by atomic mass is 9.86. The fourth-order valence-corrected chi connectivity index (χ4v) is 3.99. The van der Waals surface area contributed by atoms with E-state index < -0.39 is 22.0 Å². The van der Waals surface area contributed by atoms with Crippen molar-refractivity contribution in [3.63, 3.8) is 0 Å². The van der Waals surface area contributed by atoms with Crippen LogP contribution in [0.1, 0.15) is 42.3 Å². The summed E-state index contributed by atoms with van der Waals surface area (Å²) in [6.07, 6.45) is 1.25. The van der Waals surface area contributed by atoms with E-state index in [1.54, 1.807) is 19.1 Å². The number of nitrogens with one attached hydrogen (secondary N) is 2. The summed E-state index contributed by atoms with van der Waals surface area (Å²) >= 11 is 6.34. The Morgan fingerprint density at radius 3 is 2.39 bits per heavy atom. The number of ether oxygens (including phenoxy) is 2. The Morgan fingerprint density at radius 1 is 1.14 bits per heavy atom. The molecule has 0 radical (unpaired) electrons. The summed E-state index contributed by atoms with van der Waals surface area (Å²) in [4.78, 5) is 20.2. The van der Waals surface area contributed by atoms with Gasteiger partial charge in [-0.15, -0.1) is 0 Å². The SMILES string of the molecule is COc1c(NC(=O)c2cc(Cl)c(C)c(Oc3ccnc(F)n3)c2)cc(C(C)(C)C)cc1NS(C)(=O)=O. The first-order chi connectivity index (χ1) is 16.7. The third-order valence-corrected chi connectivity index (χ3v) is 6.06. The number of methoxy groups -OCH3 is 1. The minimum atomic E-state index is -3.63. The van der Waals surface area contributed by atoms with E-state index in [1.165, 1.54) is 31.5 Å². The van der Waals surface area contributed by atoms with Crippen LogP contribution in [0.3, 0.4) is 0 Å². The van der Waals surface area contributed by atoms with E-state index in [9.17, 15) is 17.6 Å². The van der Waals surface area contributed by atoms with Crippen LogP contribution in [0.2, 0.25) is 5.02 Å². The van der Waals surface area contributed by atoms with E-state index in [0.29, 0.717) is 5.56 Å². The maximum Gasteiger partial charge on any atom is 0.311 e. The second kappa shape index (κ2) is 10.3. The maximum absolute atomic E-state index is 13.4. The molecule has 0 atom stereocenters. The van der Waals surface area contributed by atoms with Gasteiger partial charge < -0.3 is 14.8 Å². The summed E-state index contributed by atoms with van der Waals surface area (Å²) in [5, 5.41) is 3.00. The molecule has 3 aromatic rings. The molecule has 0 saturated heterocycles. The van der Waals surface area contributed by atoms with E-state index >= 15 is 0 Å². The van der Waals surface area contributed by atoms with Crippen molar-refractivity contribution >= 4 is 38.9 Å². The van der Waals surface area contributed by atoms with Crippen molar-refractivity contribution in [3.8, 4) is 17.4 Å². The average molecular weight is 537 g/mol. The predicted molar refractivity (Wildman–Crippen MR) is 136 cm³/mol. The number of carbonyl (C=O) groups is 1. The molecule has 2 aromatic carbocycles. The predicted octanol–water partition coefficient (Wildman–Crippen LogP) is 5.30. The topological polar surface area (TPSA) is 120 Å². The Morgan fingerprint density at radius 2 is 1.81 bits per heavy atom. The third-order valence-electron chi connectivity index (χ3n) is 5.08. The van der Waals surface area contributed by atoms with Crippen molar-refractivity contribution in [2.24, 2.45) is 0 Å². The van der Waals surface area contributed by atoms with Crippen LogP contribution in [0, 0.1) is 13.0 Å². The van der Waals surface area contributed by atoms with Gasteiger partial charge in [-0.2, -0.15) is 9.37 Å². The summed E-state index contributed by atoms with van der Waals surface area (Å²) in [5.41, 5.74) is 1.45. The number of amides is 1. The summed E-state index contributed by atoms with van der Waals surface area (Å²) in [6, 6.07) is 7.62. The maximum atomic E-state index is 13.4. The van der Waals surface area contributed by atoms with E-state index in [-0.39, 0.29) is 44.8 Å². The summed E-state index contributed by atoms with van der Waals surface area (Å²) in [5.74, 6) is -0.297. The first-order valence-corrected chi connectivity index (χ1v) is 12.9. The molecule has 2 N–H and O–H groups in total. The largest absolute Gasteiger partial charge is 0.492 e. The number of nitrogens with zero attached hydrogens (tertiary/aromatic N) is 2. The van der Waals surface area contributed by atoms with Gasteiger partial charge in [-0.3, -0.25) is 9.52 Å². The van der Waals surface area contributed by atoms with Crippen molar-refractivity contribution in [2.75, 3.05) is 23.4 Å². The van der Waals surface area contributed by atoms with Gasteiger partial charge in [0.2, 0.25) is 15.9 Å². The van der Waals surface area contributed by atoms with Crippen LogP contribution in [0.15, 0.2) is 36.5 Å². The molecule has 12 heteroatoms. The smallest absolute Gasteiger partial charge is 0.311 e. The van der Waals surface area contributed by atoms with Gasteiger partial charge in [0, 0.05) is 28.4 Å². The lowest BCUT2D eigenvalue weighted by Gasteiger charge is -2.24. The van der Waals surface area contributed by atoms with Crippen molar-refractivity contribution in [1.29, 1.82) is 0 Å². The molecule has 0 saturated carbocycles. The molecular weight excluding hydrogens is 511 g/mol. The van der Waals surface area contributed by atoms with Crippen molar-refractivity contribution < 1.29 is 27.1 Å². The van der Waals surface area contributed by atoms with Gasteiger partial charge in [0.25, 0.3) is 5.91 Å². The zero-order valence-electron chi connectivity index (χ0n) is 20.6. The number of halogens is 2. The van der Waals surface area contributed by atoms with Crippen LogP contribution >= 0.6 is 11.6 Å². The monoisotopic (exact) mass is 536 g/mol. The first kappa shape index (κ1) is 27.2. The van der Waals surface area contributed by atoms with Crippen molar-refractivity contribution in [1.82, 2.24) is 9.97 Å². The van der Waals surface area contributed by atoms with Gasteiger partial charge >= 0.3 is 6.08 Å². The molecule has 1 amide bonds. The van der Waals surface area contributed by atoms with Gasteiger partial charge in [0.15, 0.2) is 5.75 Å². The van der Waals surface area contributed by atoms with Gasteiger partial charge in [-0.1, -0.05) is 32.4 Å². The van der Waals surface area contributed by atoms with E-state index in [4.69, 9.17) is 21.1 Å². The molecule has 192 valence electrons. The Hall–Kier alpha value is -3.44. The molecule has 0 bridgehead atoms. The minimum Gasteiger partial charge on any atom is -0.492 e. The molecule has 36 heavy (non-hydrogen) atoms. The lowest BCUT2D eigenvalue weighted by molar-refractivity contribution is 0.102. The molecule has 0 unspecified atom stereocenters. The molecule has 0 fully saturated rings. The summed E-state index contributed by atoms with van der Waals surface area (Å²) in [7, 11) is -2.27. The van der Waals surface area contributed by atoms with Gasteiger partial charge in [-0.05, 0) is 42.2 Å². The van der Waals surface area contributed by atoms with Gasteiger partial charge in [0.1, 0.15) is 5.75 Å². The van der Waals surface area contributed by atoms with Gasteiger partial charge in [-0.25, -0.2) is 13.4 Å². The summed E-state index contributed by atoms with van der Waals surface area (Å²) in [6.45, 7) is 7.52. The van der Waals surface area contributed by atoms with Crippen LogP contribution in [-0.2, 0) is 15.4 Å². The number of sulfonamides is 1. The third kappa shape index (κ3) is 6.61. The highest BCUT2D eigenvalue weighted by molar-refractivity contribution is 7.92. The molecule has 1 aromatic heterocycles. The van der Waals surface area contributed by atoms with Gasteiger partial charge in [0.05, 0.1) is 24.7 Å². The standard InChI is InChI=1S/C24H26ClFN4O5S/c1-13-16(25)9-14(10-19(13)35-20-7-8-27-23(26)29-20)22(31)28-17-11-15(24(2,3)4)12-18(21(17)34-5)30-36(6,32)33/h7-12,30H,1-6H3,(H,28,31). The highest BCUT2D eigenvalue weighted by Crippen LogP contribution is 2.39. The Bertz CT molecular complexity index is 1420. The highest BCUT2D eigenvalue weighted by atomic mass is 35.5. The number of benzene rings is 2. The quantitative estimate of drug-likeness (QED) is 0.393. The second-order valence-corrected chi connectivity index (χ2v) is 11.2. The Kier molecular flexibility index (Phi) is 7.75. The molecule has 0 aliphatic carbocycles. The number of aromatic nitrogens is 2. The molecule has 3 rings (SSSR count). The average Bonchev–Trinajstić information content (AvgIpc) is 2.75. The van der Waals surface area contributed by atoms with Crippen molar-refractivity contribution in [2.45, 2.75) is 33.1 Å². The Balaban J connectivity index is 2.03. The normalized spacial score (nSPS) is 11.7. The van der Waals surface area contributed by atoms with E-state index in [1.807, 2.05) is 20.8 Å². The van der Waals surface area contributed by atoms with Crippen LogP contribution in [-0.4, -0.2) is 37.7 Å². The Labute approximate surface area is 214 Å². The highest BCUT2D eigenvalue weighted by Gasteiger charge is 2.23. The second-order valence-electron chi connectivity index (χ2n) is 9.03. The fraction of sp³-hybridized carbons (Fsp3) is 0.292. The number of anilines is 2. The lowest BCUT2D eigenvalue weighted by Crippen LogP contribution is -2.18. The summed E-state index contributed by atoms with van der Waals surface area (Å²) < 4.78 is 50.8. The molecule has 0 spiro atoms. The number of carbonyl (C=O) groups excluding carboxylic acids is 1. The zero-order valence-corrected chi connectivity index (χ0v) is 22.1. The van der Waals surface area contributed by atoms with Crippen molar-refractivity contribution in [3.05, 3.63) is 64.3 Å². The molecule has 1 heterocycles. The fourth-order valence-electron chi connectivity index (χ4n) is 3.22. The molecule has 0 aliphatic heterocycles. The van der Waals surface area contributed by atoms with Crippen LogP contribution < -0.4 is 19.5 Å². The molecular formula is C24H26ClFN4O5S. The van der Waals surface area contributed by atoms with Crippen LogP contribution in [0.25, 0.3) is 0 Å². The van der Waals surface area contributed by atoms with E-state index in [0.717, 1.165) is 11.8 Å². The number of rotatable bonds is 7. The van der Waals surface area contributed by atoms with Crippen LogP contribution in [0.4, 0.5) is 15.8 Å². The number of hydrogen-bond donors (Lipinski definition) is 2. The zero-order chi connectivity index (χ0) is 26.8. The minimum absolute atomic E-state index is 0.0599. The molecule has 9 nitrogen and oxygen atoms in total. The van der Waals surface area contributed by atoms with E-state index in [2.05, 4.69) is 20.0 Å². The number of hydrogen-bond acceptors (Lipinski definition) is 7. The van der Waals surface area contributed by atoms with Crippen LogP contribution in [0.5, 0.6) is 17.4 Å². The first-order valence-electron chi connectivity index (χ1n) is 10.7.